The van der Waals surface area contributed by atoms with E-state index in [9.17, 15) is 18.0 Å². The number of nitriles is 1. The van der Waals surface area contributed by atoms with Crippen LogP contribution in [0.4, 0.5) is 18.9 Å². The summed E-state index contributed by atoms with van der Waals surface area (Å²) >= 11 is 0. The van der Waals surface area contributed by atoms with E-state index >= 15 is 0 Å². The van der Waals surface area contributed by atoms with Crippen molar-refractivity contribution in [1.29, 1.82) is 5.26 Å². The second-order valence-corrected chi connectivity index (χ2v) is 2.79. The molecule has 0 unspecified atom stereocenters. The summed E-state index contributed by atoms with van der Waals surface area (Å²) < 4.78 is 39.2. The van der Waals surface area contributed by atoms with Crippen LogP contribution >= 0.6 is 0 Å². The number of nitrogens with two attached hydrogens (primary N) is 2. The van der Waals surface area contributed by atoms with Gasteiger partial charge in [-0.05, 0) is 0 Å². The molecule has 6 nitrogen and oxygen atoms in total. The third-order valence-electron chi connectivity index (χ3n) is 1.63. The van der Waals surface area contributed by atoms with Crippen molar-refractivity contribution in [2.45, 2.75) is 6.36 Å². The number of alkyl halides is 3. The summed E-state index contributed by atoms with van der Waals surface area (Å²) in [7, 11) is 0. The van der Waals surface area contributed by atoms with Crippen LogP contribution in [0.2, 0.25) is 0 Å². The number of hydrogen-bond donors (Lipinski definition) is 2. The van der Waals surface area contributed by atoms with Crippen LogP contribution in [-0.2, 0) is 0 Å². The van der Waals surface area contributed by atoms with E-state index in [1.165, 1.54) is 6.07 Å². The molecule has 0 aliphatic carbocycles. The van der Waals surface area contributed by atoms with Crippen molar-refractivity contribution in [3.63, 3.8) is 0 Å². The van der Waals surface area contributed by atoms with Crippen LogP contribution in [0.3, 0.4) is 0 Å². The van der Waals surface area contributed by atoms with E-state index in [0.717, 1.165) is 0 Å². The fraction of sp³-hybridized carbons (Fsp3) is 0.125. The molecule has 0 aliphatic heterocycles. The van der Waals surface area contributed by atoms with Gasteiger partial charge >= 0.3 is 6.36 Å². The van der Waals surface area contributed by atoms with Crippen LogP contribution in [0.15, 0.2) is 6.07 Å². The van der Waals surface area contributed by atoms with E-state index in [1.807, 2.05) is 0 Å². The lowest BCUT2D eigenvalue weighted by atomic mass is 10.1. The third-order valence-corrected chi connectivity index (χ3v) is 1.63. The van der Waals surface area contributed by atoms with Gasteiger partial charge in [0.2, 0.25) is 5.88 Å². The van der Waals surface area contributed by atoms with Crippen LogP contribution in [0, 0.1) is 11.3 Å². The largest absolute Gasteiger partial charge is 0.574 e. The van der Waals surface area contributed by atoms with Crippen LogP contribution < -0.4 is 16.2 Å². The molecule has 1 aromatic heterocycles. The van der Waals surface area contributed by atoms with Crippen molar-refractivity contribution in [3.8, 4) is 11.9 Å². The third kappa shape index (κ3) is 2.97. The predicted octanol–water partition coefficient (Wildman–Crippen LogP) is 0.533. The number of pyridine rings is 1. The zero-order valence-corrected chi connectivity index (χ0v) is 8.08. The molecule has 0 aromatic carbocycles. The minimum atomic E-state index is -5.00. The number of hydrogen-bond acceptors (Lipinski definition) is 5. The number of amides is 1. The Morgan fingerprint density at radius 2 is 2.12 bits per heavy atom. The van der Waals surface area contributed by atoms with Crippen molar-refractivity contribution in [1.82, 2.24) is 4.98 Å². The Morgan fingerprint density at radius 1 is 1.53 bits per heavy atom. The first kappa shape index (κ1) is 12.6. The van der Waals surface area contributed by atoms with Crippen LogP contribution in [0.5, 0.6) is 5.88 Å². The van der Waals surface area contributed by atoms with E-state index in [4.69, 9.17) is 16.7 Å². The molecule has 1 aromatic rings. The lowest BCUT2D eigenvalue weighted by Crippen LogP contribution is -2.20. The minimum Gasteiger partial charge on any atom is -0.396 e. The Kier molecular flexibility index (Phi) is 3.08. The molecule has 0 radical (unpaired) electrons. The van der Waals surface area contributed by atoms with Crippen LogP contribution in [0.1, 0.15) is 16.1 Å². The van der Waals surface area contributed by atoms with Crippen molar-refractivity contribution < 1.29 is 22.7 Å². The number of primary amides is 1. The highest BCUT2D eigenvalue weighted by Crippen LogP contribution is 2.25. The van der Waals surface area contributed by atoms with Gasteiger partial charge in [-0.15, -0.1) is 13.2 Å². The first-order valence-electron chi connectivity index (χ1n) is 4.00. The Bertz CT molecular complexity index is 507. The molecule has 0 saturated carbocycles. The standard InChI is InChI=1S/C8H5F3N4O2/c9-8(10,11)17-5-1-3(7(14)16)6(13)4(2-12)15-5/h1H,13H2,(H2,14,16). The molecule has 4 N–H and O–H groups in total. The SMILES string of the molecule is N#Cc1nc(OC(F)(F)F)cc(C(N)=O)c1N. The number of ether oxygens (including phenoxy) is 1. The van der Waals surface area contributed by atoms with Gasteiger partial charge in [-0.25, -0.2) is 4.98 Å². The van der Waals surface area contributed by atoms with E-state index in [2.05, 4.69) is 9.72 Å². The van der Waals surface area contributed by atoms with Crippen molar-refractivity contribution in [2.24, 2.45) is 5.73 Å². The lowest BCUT2D eigenvalue weighted by molar-refractivity contribution is -0.276. The van der Waals surface area contributed by atoms with Crippen LogP contribution in [-0.4, -0.2) is 17.3 Å². The number of halogens is 3. The summed E-state index contributed by atoms with van der Waals surface area (Å²) in [6, 6.07) is 2.04. The summed E-state index contributed by atoms with van der Waals surface area (Å²) in [6.45, 7) is 0. The number of nitrogens with zero attached hydrogens (tertiary/aromatic N) is 2. The maximum Gasteiger partial charge on any atom is 0.574 e. The number of carbonyl (C=O) groups is 1. The number of nitrogen functional groups attached to an aromatic ring is 1. The van der Waals surface area contributed by atoms with E-state index in [0.29, 0.717) is 6.07 Å². The average molecular weight is 246 g/mol. The topological polar surface area (TPSA) is 115 Å². The summed E-state index contributed by atoms with van der Waals surface area (Å²) in [5, 5.41) is 8.57. The highest BCUT2D eigenvalue weighted by molar-refractivity contribution is 5.99. The molecule has 17 heavy (non-hydrogen) atoms. The van der Waals surface area contributed by atoms with E-state index in [-0.39, 0.29) is 0 Å². The summed E-state index contributed by atoms with van der Waals surface area (Å²) in [5.41, 5.74) is 8.76. The van der Waals surface area contributed by atoms with Gasteiger partial charge in [-0.1, -0.05) is 0 Å². The summed E-state index contributed by atoms with van der Waals surface area (Å²) in [4.78, 5) is 14.1. The Hall–Kier alpha value is -2.50. The number of anilines is 1. The number of carbonyl (C=O) groups excluding carboxylic acids is 1. The molecular formula is C8H5F3N4O2. The molecule has 0 fully saturated rings. The van der Waals surface area contributed by atoms with Gasteiger partial charge in [0, 0.05) is 6.07 Å². The van der Waals surface area contributed by atoms with Crippen molar-refractivity contribution in [2.75, 3.05) is 5.73 Å². The Labute approximate surface area is 92.6 Å². The normalized spacial score (nSPS) is 10.7. The average Bonchev–Trinajstić information content (AvgIpc) is 2.17. The molecule has 0 aliphatic rings. The second kappa shape index (κ2) is 4.17. The van der Waals surface area contributed by atoms with E-state index in [1.54, 1.807) is 0 Å². The van der Waals surface area contributed by atoms with Gasteiger partial charge in [0.15, 0.2) is 5.69 Å². The first-order valence-corrected chi connectivity index (χ1v) is 4.00. The van der Waals surface area contributed by atoms with Gasteiger partial charge < -0.3 is 16.2 Å². The van der Waals surface area contributed by atoms with Gasteiger partial charge in [-0.2, -0.15) is 5.26 Å². The zero-order valence-electron chi connectivity index (χ0n) is 8.08. The van der Waals surface area contributed by atoms with Gasteiger partial charge in [0.05, 0.1) is 11.3 Å². The molecular weight excluding hydrogens is 241 g/mol. The molecule has 1 rings (SSSR count). The summed E-state index contributed by atoms with van der Waals surface area (Å²) in [5.74, 6) is -2.06. The molecule has 1 heterocycles. The monoisotopic (exact) mass is 246 g/mol. The summed E-state index contributed by atoms with van der Waals surface area (Å²) in [6.07, 6.45) is -5.00. The molecule has 9 heteroatoms. The number of aromatic nitrogens is 1. The fourth-order valence-electron chi connectivity index (χ4n) is 0.991. The molecule has 90 valence electrons. The fourth-order valence-corrected chi connectivity index (χ4v) is 0.991. The Balaban J connectivity index is 3.32. The number of rotatable bonds is 2. The van der Waals surface area contributed by atoms with Crippen molar-refractivity contribution in [3.05, 3.63) is 17.3 Å². The van der Waals surface area contributed by atoms with Crippen LogP contribution in [0.25, 0.3) is 0 Å². The quantitative estimate of drug-likeness (QED) is 0.789. The molecule has 0 saturated heterocycles. The van der Waals surface area contributed by atoms with Crippen molar-refractivity contribution >= 4 is 11.6 Å². The maximum atomic E-state index is 11.9. The maximum absolute atomic E-state index is 11.9. The van der Waals surface area contributed by atoms with Gasteiger partial charge in [0.25, 0.3) is 5.91 Å². The minimum absolute atomic E-state index is 0.394. The highest BCUT2D eigenvalue weighted by atomic mass is 19.4. The predicted molar refractivity (Wildman–Crippen MR) is 48.6 cm³/mol. The van der Waals surface area contributed by atoms with Gasteiger partial charge in [0.1, 0.15) is 6.07 Å². The molecule has 0 bridgehead atoms. The van der Waals surface area contributed by atoms with Gasteiger partial charge in [-0.3, -0.25) is 4.79 Å². The first-order chi connectivity index (χ1) is 7.74. The molecule has 0 atom stereocenters. The highest BCUT2D eigenvalue weighted by Gasteiger charge is 2.32. The van der Waals surface area contributed by atoms with E-state index < -0.39 is 35.1 Å². The molecule has 1 amide bonds. The lowest BCUT2D eigenvalue weighted by Gasteiger charge is -2.10. The zero-order chi connectivity index (χ0) is 13.2. The Morgan fingerprint density at radius 3 is 2.53 bits per heavy atom. The molecule has 0 spiro atoms. The second-order valence-electron chi connectivity index (χ2n) is 2.79. The smallest absolute Gasteiger partial charge is 0.396 e.